The summed E-state index contributed by atoms with van der Waals surface area (Å²) in [7, 11) is 1.44. The van der Waals surface area contributed by atoms with Crippen molar-refractivity contribution in [2.24, 2.45) is 5.41 Å². The largest absolute Gasteiger partial charge is 0.495 e. The first-order valence-electron chi connectivity index (χ1n) is 7.20. The minimum Gasteiger partial charge on any atom is -0.495 e. The Labute approximate surface area is 145 Å². The van der Waals surface area contributed by atoms with Crippen LogP contribution in [0.1, 0.15) is 32.4 Å². The summed E-state index contributed by atoms with van der Waals surface area (Å²) in [5, 5.41) is 14.4. The van der Waals surface area contributed by atoms with Gasteiger partial charge in [0.2, 0.25) is 11.8 Å². The molecule has 2 amide bonds. The zero-order chi connectivity index (χ0) is 18.5. The summed E-state index contributed by atoms with van der Waals surface area (Å²) in [6, 6.07) is 3.14. The minimum absolute atomic E-state index is 0.233. The monoisotopic (exact) mass is 356 g/mol. The molecule has 0 saturated carbocycles. The number of carbonyl (C=O) groups excluding carboxylic acids is 2. The lowest BCUT2D eigenvalue weighted by Gasteiger charge is -2.19. The predicted molar refractivity (Wildman–Crippen MR) is 89.0 cm³/mol. The Morgan fingerprint density at radius 3 is 2.38 bits per heavy atom. The van der Waals surface area contributed by atoms with Gasteiger partial charge in [-0.2, -0.15) is 0 Å². The summed E-state index contributed by atoms with van der Waals surface area (Å²) >= 11 is 5.98. The maximum absolute atomic E-state index is 11.9. The summed E-state index contributed by atoms with van der Waals surface area (Å²) < 4.78 is 5.00. The Balaban J connectivity index is 2.80. The fourth-order valence-corrected chi connectivity index (χ4v) is 2.05. The number of hydrogen-bond acceptors (Lipinski definition) is 4. The third-order valence-electron chi connectivity index (χ3n) is 3.15. The van der Waals surface area contributed by atoms with Crippen LogP contribution in [-0.2, 0) is 14.4 Å². The molecule has 0 aliphatic heterocycles. The molecule has 8 heteroatoms. The second kappa shape index (κ2) is 8.01. The van der Waals surface area contributed by atoms with Gasteiger partial charge in [0.05, 0.1) is 18.7 Å². The normalized spacial score (nSPS) is 12.2. The summed E-state index contributed by atoms with van der Waals surface area (Å²) in [4.78, 5) is 35.1. The van der Waals surface area contributed by atoms with Crippen molar-refractivity contribution in [2.45, 2.75) is 26.8 Å². The molecule has 24 heavy (non-hydrogen) atoms. The van der Waals surface area contributed by atoms with Crippen LogP contribution in [0.3, 0.4) is 0 Å². The number of methoxy groups -OCH3 is 1. The number of halogens is 1. The Morgan fingerprint density at radius 2 is 1.92 bits per heavy atom. The first-order valence-corrected chi connectivity index (χ1v) is 7.58. The van der Waals surface area contributed by atoms with Gasteiger partial charge >= 0.3 is 5.97 Å². The van der Waals surface area contributed by atoms with E-state index in [1.165, 1.54) is 25.3 Å². The highest BCUT2D eigenvalue weighted by Crippen LogP contribution is 2.27. The molecule has 132 valence electrons. The van der Waals surface area contributed by atoms with Gasteiger partial charge in [0.15, 0.2) is 6.04 Å². The second-order valence-electron chi connectivity index (χ2n) is 6.17. The molecule has 0 aliphatic rings. The first-order chi connectivity index (χ1) is 11.1. The Kier molecular flexibility index (Phi) is 6.60. The van der Waals surface area contributed by atoms with Crippen LogP contribution in [0.15, 0.2) is 18.2 Å². The second-order valence-corrected chi connectivity index (χ2v) is 6.57. The van der Waals surface area contributed by atoms with Crippen LogP contribution in [-0.4, -0.2) is 36.5 Å². The number of hydrogen-bond donors (Lipinski definition) is 3. The SMILES string of the molecule is COc1ccc(C(NC(=O)CNC(=O)C(C)(C)C)C(=O)O)cc1Cl. The fourth-order valence-electron chi connectivity index (χ4n) is 1.79. The number of carboxylic acid groups (broad SMARTS) is 1. The third kappa shape index (κ3) is 5.42. The van der Waals surface area contributed by atoms with E-state index in [2.05, 4.69) is 10.6 Å². The highest BCUT2D eigenvalue weighted by atomic mass is 35.5. The highest BCUT2D eigenvalue weighted by molar-refractivity contribution is 6.32. The van der Waals surface area contributed by atoms with Crippen LogP contribution in [0.2, 0.25) is 5.02 Å². The molecular formula is C16H21ClN2O5. The topological polar surface area (TPSA) is 105 Å². The van der Waals surface area contributed by atoms with Crippen LogP contribution < -0.4 is 15.4 Å². The minimum atomic E-state index is -1.28. The molecule has 0 saturated heterocycles. The Morgan fingerprint density at radius 1 is 1.29 bits per heavy atom. The van der Waals surface area contributed by atoms with Gasteiger partial charge in [0.25, 0.3) is 0 Å². The van der Waals surface area contributed by atoms with Gasteiger partial charge in [-0.15, -0.1) is 0 Å². The van der Waals surface area contributed by atoms with E-state index in [4.69, 9.17) is 16.3 Å². The summed E-state index contributed by atoms with van der Waals surface area (Å²) in [5.41, 5.74) is -0.348. The van der Waals surface area contributed by atoms with Crippen molar-refractivity contribution >= 4 is 29.4 Å². The lowest BCUT2D eigenvalue weighted by Crippen LogP contribution is -2.43. The van der Waals surface area contributed by atoms with E-state index in [0.29, 0.717) is 11.3 Å². The van der Waals surface area contributed by atoms with Crippen LogP contribution >= 0.6 is 11.6 Å². The summed E-state index contributed by atoms with van der Waals surface area (Å²) in [6.07, 6.45) is 0. The Bertz CT molecular complexity index is 640. The van der Waals surface area contributed by atoms with Crippen LogP contribution in [0.5, 0.6) is 5.75 Å². The Hall–Kier alpha value is -2.28. The van der Waals surface area contributed by atoms with E-state index in [9.17, 15) is 19.5 Å². The van der Waals surface area contributed by atoms with Gasteiger partial charge in [-0.05, 0) is 17.7 Å². The third-order valence-corrected chi connectivity index (χ3v) is 3.45. The number of amides is 2. The molecule has 0 fully saturated rings. The van der Waals surface area contributed by atoms with E-state index in [1.54, 1.807) is 20.8 Å². The van der Waals surface area contributed by atoms with Gasteiger partial charge in [0.1, 0.15) is 5.75 Å². The maximum atomic E-state index is 11.9. The lowest BCUT2D eigenvalue weighted by molar-refractivity contribution is -0.142. The predicted octanol–water partition coefficient (Wildman–Crippen LogP) is 1.75. The quantitative estimate of drug-likeness (QED) is 0.720. The number of benzene rings is 1. The van der Waals surface area contributed by atoms with Crippen molar-refractivity contribution in [3.8, 4) is 5.75 Å². The van der Waals surface area contributed by atoms with Crippen molar-refractivity contribution < 1.29 is 24.2 Å². The van der Waals surface area contributed by atoms with Gasteiger partial charge in [-0.3, -0.25) is 9.59 Å². The molecule has 0 aliphatic carbocycles. The number of carbonyl (C=O) groups is 3. The standard InChI is InChI=1S/C16H21ClN2O5/c1-16(2,3)15(23)18-8-12(20)19-13(14(21)22)9-5-6-11(24-4)10(17)7-9/h5-7,13H,8H2,1-4H3,(H,18,23)(H,19,20)(H,21,22). The molecule has 0 aromatic heterocycles. The van der Waals surface area contributed by atoms with E-state index < -0.39 is 23.3 Å². The number of nitrogens with one attached hydrogen (secondary N) is 2. The van der Waals surface area contributed by atoms with Crippen molar-refractivity contribution in [3.63, 3.8) is 0 Å². The number of carboxylic acids is 1. The van der Waals surface area contributed by atoms with Gasteiger partial charge in [-0.1, -0.05) is 38.4 Å². The number of aliphatic carboxylic acids is 1. The van der Waals surface area contributed by atoms with Crippen molar-refractivity contribution in [3.05, 3.63) is 28.8 Å². The lowest BCUT2D eigenvalue weighted by atomic mass is 9.96. The molecule has 1 atom stereocenters. The molecule has 1 aromatic carbocycles. The molecule has 1 unspecified atom stereocenters. The fraction of sp³-hybridized carbons (Fsp3) is 0.438. The zero-order valence-electron chi connectivity index (χ0n) is 14.0. The van der Waals surface area contributed by atoms with Crippen molar-refractivity contribution in [1.82, 2.24) is 10.6 Å². The number of ether oxygens (including phenoxy) is 1. The zero-order valence-corrected chi connectivity index (χ0v) is 14.7. The molecule has 0 radical (unpaired) electrons. The smallest absolute Gasteiger partial charge is 0.330 e. The average Bonchev–Trinajstić information content (AvgIpc) is 2.48. The van der Waals surface area contributed by atoms with Gasteiger partial charge < -0.3 is 20.5 Å². The first kappa shape index (κ1) is 19.8. The maximum Gasteiger partial charge on any atom is 0.330 e. The van der Waals surface area contributed by atoms with Crippen LogP contribution in [0, 0.1) is 5.41 Å². The van der Waals surface area contributed by atoms with E-state index >= 15 is 0 Å². The number of rotatable bonds is 6. The van der Waals surface area contributed by atoms with Gasteiger partial charge in [0, 0.05) is 5.41 Å². The van der Waals surface area contributed by atoms with Crippen LogP contribution in [0.4, 0.5) is 0 Å². The van der Waals surface area contributed by atoms with E-state index in [-0.39, 0.29) is 17.5 Å². The average molecular weight is 357 g/mol. The molecule has 0 spiro atoms. The molecule has 7 nitrogen and oxygen atoms in total. The molecule has 1 rings (SSSR count). The summed E-state index contributed by atoms with van der Waals surface area (Å²) in [6.45, 7) is 4.81. The molecule has 1 aromatic rings. The van der Waals surface area contributed by atoms with Crippen LogP contribution in [0.25, 0.3) is 0 Å². The van der Waals surface area contributed by atoms with E-state index in [0.717, 1.165) is 0 Å². The molecule has 0 heterocycles. The van der Waals surface area contributed by atoms with E-state index in [1.807, 2.05) is 0 Å². The van der Waals surface area contributed by atoms with Gasteiger partial charge in [-0.25, -0.2) is 4.79 Å². The van der Waals surface area contributed by atoms with Crippen molar-refractivity contribution in [2.75, 3.05) is 13.7 Å². The molecule has 3 N–H and O–H groups in total. The summed E-state index contributed by atoms with van der Waals surface area (Å²) in [5.74, 6) is -1.77. The van der Waals surface area contributed by atoms with Crippen molar-refractivity contribution in [1.29, 1.82) is 0 Å². The molecular weight excluding hydrogens is 336 g/mol. The molecule has 0 bridgehead atoms. The highest BCUT2D eigenvalue weighted by Gasteiger charge is 2.25.